The maximum absolute atomic E-state index is 12.4. The lowest BCUT2D eigenvalue weighted by Crippen LogP contribution is -2.16. The quantitative estimate of drug-likeness (QED) is 0.766. The summed E-state index contributed by atoms with van der Waals surface area (Å²) in [6.45, 7) is 0. The molecule has 0 saturated heterocycles. The van der Waals surface area contributed by atoms with E-state index in [0.29, 0.717) is 6.42 Å². The highest BCUT2D eigenvalue weighted by molar-refractivity contribution is 5.91. The molecule has 1 aromatic heterocycles. The lowest BCUT2D eigenvalue weighted by Gasteiger charge is -2.17. The number of hydrogen-bond donors (Lipinski definition) is 1. The Hall–Kier alpha value is -2.94. The third-order valence-corrected chi connectivity index (χ3v) is 3.74. The zero-order valence-electron chi connectivity index (χ0n) is 12.7. The minimum absolute atomic E-state index is 0.0179. The number of anilines is 1. The fourth-order valence-electron chi connectivity index (χ4n) is 2.63. The Morgan fingerprint density at radius 3 is 2.00 bits per heavy atom. The predicted molar refractivity (Wildman–Crippen MR) is 92.2 cm³/mol. The third kappa shape index (κ3) is 4.04. The number of carbonyl (C=O) groups is 1. The van der Waals surface area contributed by atoms with E-state index in [1.54, 1.807) is 12.4 Å². The van der Waals surface area contributed by atoms with Gasteiger partial charge in [0, 0.05) is 18.5 Å². The summed E-state index contributed by atoms with van der Waals surface area (Å²) in [7, 11) is 0. The SMILES string of the molecule is O=C(CC(c1ccccc1)c1ccccc1)Nc1cccnc1. The molecule has 1 heterocycles. The van der Waals surface area contributed by atoms with Gasteiger partial charge < -0.3 is 5.32 Å². The van der Waals surface area contributed by atoms with Crippen molar-refractivity contribution in [1.29, 1.82) is 0 Å². The number of pyridine rings is 1. The highest BCUT2D eigenvalue weighted by Crippen LogP contribution is 2.28. The molecule has 0 fully saturated rings. The molecule has 3 aromatic rings. The van der Waals surface area contributed by atoms with Gasteiger partial charge in [-0.05, 0) is 23.3 Å². The molecule has 3 heteroatoms. The second-order valence-electron chi connectivity index (χ2n) is 5.37. The summed E-state index contributed by atoms with van der Waals surface area (Å²) in [5.41, 5.74) is 3.00. The van der Waals surface area contributed by atoms with E-state index < -0.39 is 0 Å². The molecule has 3 rings (SSSR count). The van der Waals surface area contributed by atoms with Crippen LogP contribution in [-0.2, 0) is 4.79 Å². The summed E-state index contributed by atoms with van der Waals surface area (Å²) in [5, 5.41) is 2.91. The van der Waals surface area contributed by atoms with Crippen LogP contribution < -0.4 is 5.32 Å². The van der Waals surface area contributed by atoms with Gasteiger partial charge in [0.2, 0.25) is 5.91 Å². The smallest absolute Gasteiger partial charge is 0.225 e. The lowest BCUT2D eigenvalue weighted by molar-refractivity contribution is -0.116. The van der Waals surface area contributed by atoms with Crippen molar-refractivity contribution >= 4 is 11.6 Å². The minimum Gasteiger partial charge on any atom is -0.325 e. The van der Waals surface area contributed by atoms with E-state index in [1.807, 2.05) is 48.5 Å². The summed E-state index contributed by atoms with van der Waals surface area (Å²) in [4.78, 5) is 16.4. The predicted octanol–water partition coefficient (Wildman–Crippen LogP) is 4.24. The van der Waals surface area contributed by atoms with Gasteiger partial charge in [-0.1, -0.05) is 60.7 Å². The first-order valence-corrected chi connectivity index (χ1v) is 7.63. The van der Waals surface area contributed by atoms with Crippen molar-refractivity contribution in [1.82, 2.24) is 4.98 Å². The van der Waals surface area contributed by atoms with Crippen LogP contribution in [0.15, 0.2) is 85.2 Å². The third-order valence-electron chi connectivity index (χ3n) is 3.74. The maximum atomic E-state index is 12.4. The van der Waals surface area contributed by atoms with Crippen LogP contribution in [0.2, 0.25) is 0 Å². The van der Waals surface area contributed by atoms with Crippen LogP contribution in [0.3, 0.4) is 0 Å². The van der Waals surface area contributed by atoms with Gasteiger partial charge in [-0.15, -0.1) is 0 Å². The zero-order valence-corrected chi connectivity index (χ0v) is 12.7. The van der Waals surface area contributed by atoms with E-state index in [-0.39, 0.29) is 11.8 Å². The van der Waals surface area contributed by atoms with Gasteiger partial charge in [-0.25, -0.2) is 0 Å². The first kappa shape index (κ1) is 15.0. The molecular weight excluding hydrogens is 284 g/mol. The summed E-state index contributed by atoms with van der Waals surface area (Å²) in [6, 6.07) is 23.9. The topological polar surface area (TPSA) is 42.0 Å². The zero-order chi connectivity index (χ0) is 15.9. The summed E-state index contributed by atoms with van der Waals surface area (Å²) in [6.07, 6.45) is 3.73. The average Bonchev–Trinajstić information content (AvgIpc) is 2.62. The maximum Gasteiger partial charge on any atom is 0.225 e. The molecule has 0 atom stereocenters. The number of rotatable bonds is 5. The number of benzene rings is 2. The van der Waals surface area contributed by atoms with E-state index in [4.69, 9.17) is 0 Å². The van der Waals surface area contributed by atoms with E-state index in [0.717, 1.165) is 16.8 Å². The van der Waals surface area contributed by atoms with Crippen LogP contribution in [0.5, 0.6) is 0 Å². The summed E-state index contributed by atoms with van der Waals surface area (Å²) in [5.74, 6) is 0.0183. The molecule has 0 radical (unpaired) electrons. The van der Waals surface area contributed by atoms with Crippen molar-refractivity contribution in [3.63, 3.8) is 0 Å². The Kier molecular flexibility index (Phi) is 4.79. The van der Waals surface area contributed by atoms with Gasteiger partial charge in [0.05, 0.1) is 11.9 Å². The lowest BCUT2D eigenvalue weighted by atomic mass is 9.88. The van der Waals surface area contributed by atoms with E-state index in [1.165, 1.54) is 0 Å². The van der Waals surface area contributed by atoms with Crippen molar-refractivity contribution < 1.29 is 4.79 Å². The largest absolute Gasteiger partial charge is 0.325 e. The number of amides is 1. The second-order valence-corrected chi connectivity index (χ2v) is 5.37. The molecule has 0 aliphatic carbocycles. The molecule has 0 spiro atoms. The molecule has 1 amide bonds. The van der Waals surface area contributed by atoms with Crippen LogP contribution in [0.4, 0.5) is 5.69 Å². The number of hydrogen-bond acceptors (Lipinski definition) is 2. The highest BCUT2D eigenvalue weighted by atomic mass is 16.1. The van der Waals surface area contributed by atoms with Gasteiger partial charge >= 0.3 is 0 Å². The monoisotopic (exact) mass is 302 g/mol. The first-order valence-electron chi connectivity index (χ1n) is 7.63. The Balaban J connectivity index is 1.81. The van der Waals surface area contributed by atoms with Crippen molar-refractivity contribution in [2.24, 2.45) is 0 Å². The number of carbonyl (C=O) groups excluding carboxylic acids is 1. The van der Waals surface area contributed by atoms with Crippen molar-refractivity contribution in [3.8, 4) is 0 Å². The van der Waals surface area contributed by atoms with Crippen LogP contribution in [0, 0.1) is 0 Å². The first-order chi connectivity index (χ1) is 11.3. The Labute approximate surface area is 136 Å². The van der Waals surface area contributed by atoms with Gasteiger partial charge in [0.15, 0.2) is 0 Å². The van der Waals surface area contributed by atoms with Gasteiger partial charge in [0.1, 0.15) is 0 Å². The molecule has 0 bridgehead atoms. The molecule has 3 nitrogen and oxygen atoms in total. The molecule has 0 saturated carbocycles. The molecule has 0 aliphatic rings. The van der Waals surface area contributed by atoms with Crippen LogP contribution >= 0.6 is 0 Å². The molecule has 1 N–H and O–H groups in total. The van der Waals surface area contributed by atoms with Crippen LogP contribution in [0.25, 0.3) is 0 Å². The molecular formula is C20H18N2O. The van der Waals surface area contributed by atoms with E-state index in [9.17, 15) is 4.79 Å². The molecule has 114 valence electrons. The van der Waals surface area contributed by atoms with Crippen molar-refractivity contribution in [2.75, 3.05) is 5.32 Å². The minimum atomic E-state index is -0.0179. The van der Waals surface area contributed by atoms with E-state index >= 15 is 0 Å². The van der Waals surface area contributed by atoms with Crippen molar-refractivity contribution in [2.45, 2.75) is 12.3 Å². The van der Waals surface area contributed by atoms with E-state index in [2.05, 4.69) is 34.6 Å². The standard InChI is InChI=1S/C20H18N2O/c23-20(22-18-12-7-13-21-15-18)14-19(16-8-3-1-4-9-16)17-10-5-2-6-11-17/h1-13,15,19H,14H2,(H,22,23). The molecule has 23 heavy (non-hydrogen) atoms. The molecule has 0 aliphatic heterocycles. The van der Waals surface area contributed by atoms with Gasteiger partial charge in [-0.3, -0.25) is 9.78 Å². The molecule has 2 aromatic carbocycles. The normalized spacial score (nSPS) is 10.5. The number of nitrogens with one attached hydrogen (secondary N) is 1. The fraction of sp³-hybridized carbons (Fsp3) is 0.100. The fourth-order valence-corrected chi connectivity index (χ4v) is 2.63. The summed E-state index contributed by atoms with van der Waals surface area (Å²) < 4.78 is 0. The highest BCUT2D eigenvalue weighted by Gasteiger charge is 2.18. The van der Waals surface area contributed by atoms with Crippen LogP contribution in [0.1, 0.15) is 23.5 Å². The summed E-state index contributed by atoms with van der Waals surface area (Å²) >= 11 is 0. The average molecular weight is 302 g/mol. The van der Waals surface area contributed by atoms with Gasteiger partial charge in [0.25, 0.3) is 0 Å². The second kappa shape index (κ2) is 7.36. The Morgan fingerprint density at radius 1 is 0.870 bits per heavy atom. The number of aromatic nitrogens is 1. The Bertz CT molecular complexity index is 703. The molecule has 0 unspecified atom stereocenters. The van der Waals surface area contributed by atoms with Gasteiger partial charge in [-0.2, -0.15) is 0 Å². The Morgan fingerprint density at radius 2 is 1.48 bits per heavy atom. The van der Waals surface area contributed by atoms with Crippen LogP contribution in [-0.4, -0.2) is 10.9 Å². The number of nitrogens with zero attached hydrogens (tertiary/aromatic N) is 1. The van der Waals surface area contributed by atoms with Crippen molar-refractivity contribution in [3.05, 3.63) is 96.3 Å².